The maximum absolute atomic E-state index is 9.51. The quantitative estimate of drug-likeness (QED) is 0.581. The van der Waals surface area contributed by atoms with Gasteiger partial charge in [0.1, 0.15) is 6.23 Å². The van der Waals surface area contributed by atoms with Crippen LogP contribution in [0.25, 0.3) is 6.08 Å². The molecule has 1 unspecified atom stereocenters. The van der Waals surface area contributed by atoms with Crippen LogP contribution in [0, 0.1) is 0 Å². The number of nitrogens with two attached hydrogens (primary N) is 1. The Kier molecular flexibility index (Phi) is 1.74. The molecule has 3 heteroatoms. The van der Waals surface area contributed by atoms with Crippen molar-refractivity contribution in [2.24, 2.45) is 0 Å². The molecule has 1 aliphatic heterocycles. The molecule has 1 aromatic rings. The first kappa shape index (κ1) is 8.13. The molecule has 0 saturated heterocycles. The Morgan fingerprint density at radius 1 is 1.46 bits per heavy atom. The number of benzene rings is 1. The van der Waals surface area contributed by atoms with Crippen molar-refractivity contribution in [1.29, 1.82) is 0 Å². The van der Waals surface area contributed by atoms with Gasteiger partial charge in [-0.05, 0) is 18.2 Å². The molecule has 1 aromatic carbocycles. The van der Waals surface area contributed by atoms with E-state index in [1.165, 1.54) is 0 Å². The van der Waals surface area contributed by atoms with Crippen LogP contribution in [0.4, 0.5) is 11.4 Å². The van der Waals surface area contributed by atoms with Crippen molar-refractivity contribution in [1.82, 2.24) is 0 Å². The van der Waals surface area contributed by atoms with E-state index in [2.05, 4.69) is 0 Å². The molecule has 0 amide bonds. The number of hydrogen-bond donors (Lipinski definition) is 2. The van der Waals surface area contributed by atoms with Crippen molar-refractivity contribution in [2.75, 3.05) is 17.7 Å². The number of aliphatic hydroxyl groups is 1. The van der Waals surface area contributed by atoms with Crippen LogP contribution in [-0.2, 0) is 0 Å². The van der Waals surface area contributed by atoms with Crippen molar-refractivity contribution >= 4 is 17.5 Å². The summed E-state index contributed by atoms with van der Waals surface area (Å²) in [6.45, 7) is 0. The molecule has 13 heavy (non-hydrogen) atoms. The molecule has 3 nitrogen and oxygen atoms in total. The summed E-state index contributed by atoms with van der Waals surface area (Å²) in [5.41, 5.74) is 8.48. The Morgan fingerprint density at radius 3 is 3.00 bits per heavy atom. The van der Waals surface area contributed by atoms with Crippen LogP contribution < -0.4 is 10.6 Å². The largest absolute Gasteiger partial charge is 0.398 e. The van der Waals surface area contributed by atoms with Crippen LogP contribution in [0.3, 0.4) is 0 Å². The summed E-state index contributed by atoms with van der Waals surface area (Å²) < 4.78 is 0. The molecule has 68 valence electrons. The highest BCUT2D eigenvalue weighted by Crippen LogP contribution is 2.30. The lowest BCUT2D eigenvalue weighted by Gasteiger charge is -2.29. The third-order valence-corrected chi connectivity index (χ3v) is 2.33. The molecule has 1 atom stereocenters. The van der Waals surface area contributed by atoms with Gasteiger partial charge in [0.05, 0.1) is 0 Å². The van der Waals surface area contributed by atoms with E-state index in [1.54, 1.807) is 11.0 Å². The molecule has 0 saturated carbocycles. The summed E-state index contributed by atoms with van der Waals surface area (Å²) >= 11 is 0. The summed E-state index contributed by atoms with van der Waals surface area (Å²) in [5.74, 6) is 0. The van der Waals surface area contributed by atoms with Crippen molar-refractivity contribution < 1.29 is 5.11 Å². The fraction of sp³-hybridized carbons (Fsp3) is 0.200. The molecule has 1 heterocycles. The lowest BCUT2D eigenvalue weighted by Crippen LogP contribution is -2.32. The van der Waals surface area contributed by atoms with Gasteiger partial charge in [0.15, 0.2) is 0 Å². The molecular weight excluding hydrogens is 164 g/mol. The van der Waals surface area contributed by atoms with Gasteiger partial charge in [-0.2, -0.15) is 0 Å². The highest BCUT2D eigenvalue weighted by Gasteiger charge is 2.17. The number of likely N-dealkylation sites (N-methyl/N-ethyl adjacent to an activating group) is 1. The predicted molar refractivity (Wildman–Crippen MR) is 54.3 cm³/mol. The van der Waals surface area contributed by atoms with E-state index in [-0.39, 0.29) is 0 Å². The Balaban J connectivity index is 2.58. The van der Waals surface area contributed by atoms with Gasteiger partial charge in [-0.3, -0.25) is 0 Å². The van der Waals surface area contributed by atoms with Crippen LogP contribution >= 0.6 is 0 Å². The van der Waals surface area contributed by atoms with Crippen molar-refractivity contribution in [2.45, 2.75) is 6.23 Å². The average molecular weight is 176 g/mol. The summed E-state index contributed by atoms with van der Waals surface area (Å²) in [5, 5.41) is 9.51. The lowest BCUT2D eigenvalue weighted by atomic mass is 10.1. The molecule has 0 aliphatic carbocycles. The topological polar surface area (TPSA) is 49.5 Å². The van der Waals surface area contributed by atoms with Crippen LogP contribution in [-0.4, -0.2) is 18.4 Å². The van der Waals surface area contributed by atoms with E-state index in [0.717, 1.165) is 16.9 Å². The Morgan fingerprint density at radius 2 is 2.23 bits per heavy atom. The monoisotopic (exact) mass is 176 g/mol. The molecule has 0 radical (unpaired) electrons. The van der Waals surface area contributed by atoms with Gasteiger partial charge >= 0.3 is 0 Å². The molecular formula is C10H12N2O. The van der Waals surface area contributed by atoms with E-state index < -0.39 is 6.23 Å². The zero-order valence-corrected chi connectivity index (χ0v) is 7.44. The Hall–Kier alpha value is -1.48. The third-order valence-electron chi connectivity index (χ3n) is 2.33. The third kappa shape index (κ3) is 1.17. The van der Waals surface area contributed by atoms with Gasteiger partial charge in [0.25, 0.3) is 0 Å². The Labute approximate surface area is 77.1 Å². The van der Waals surface area contributed by atoms with Crippen molar-refractivity contribution in [3.05, 3.63) is 29.8 Å². The summed E-state index contributed by atoms with van der Waals surface area (Å²) in [7, 11) is 1.84. The van der Waals surface area contributed by atoms with E-state index in [9.17, 15) is 5.11 Å². The number of nitrogens with zero attached hydrogens (tertiary/aromatic N) is 1. The second-order valence-electron chi connectivity index (χ2n) is 3.16. The van der Waals surface area contributed by atoms with Gasteiger partial charge in [-0.1, -0.05) is 12.1 Å². The fourth-order valence-corrected chi connectivity index (χ4v) is 1.51. The first-order chi connectivity index (χ1) is 6.20. The second-order valence-corrected chi connectivity index (χ2v) is 3.16. The molecule has 0 spiro atoms. The van der Waals surface area contributed by atoms with E-state index in [1.807, 2.05) is 31.3 Å². The number of fused-ring (bicyclic) bond motifs is 1. The SMILES string of the molecule is CN1c2cccc(N)c2C=CC1O. The number of nitrogen functional groups attached to an aromatic ring is 1. The van der Waals surface area contributed by atoms with Crippen LogP contribution in [0.5, 0.6) is 0 Å². The summed E-state index contributed by atoms with van der Waals surface area (Å²) in [6, 6.07) is 5.68. The Bertz CT molecular complexity index is 360. The molecule has 3 N–H and O–H groups in total. The van der Waals surface area contributed by atoms with E-state index >= 15 is 0 Å². The maximum Gasteiger partial charge on any atom is 0.146 e. The van der Waals surface area contributed by atoms with Crippen LogP contribution in [0.15, 0.2) is 24.3 Å². The minimum atomic E-state index is -0.547. The summed E-state index contributed by atoms with van der Waals surface area (Å²) in [4.78, 5) is 1.78. The average Bonchev–Trinajstić information content (AvgIpc) is 2.12. The molecule has 0 aromatic heterocycles. The number of rotatable bonds is 0. The van der Waals surface area contributed by atoms with Gasteiger partial charge in [0.2, 0.25) is 0 Å². The molecule has 0 fully saturated rings. The zero-order valence-electron chi connectivity index (χ0n) is 7.44. The van der Waals surface area contributed by atoms with Gasteiger partial charge < -0.3 is 15.7 Å². The lowest BCUT2D eigenvalue weighted by molar-refractivity contribution is 0.223. The molecule has 2 rings (SSSR count). The number of anilines is 2. The van der Waals surface area contributed by atoms with Gasteiger partial charge in [-0.15, -0.1) is 0 Å². The number of hydrogen-bond acceptors (Lipinski definition) is 3. The highest BCUT2D eigenvalue weighted by molar-refractivity contribution is 5.80. The smallest absolute Gasteiger partial charge is 0.146 e. The zero-order chi connectivity index (χ0) is 9.42. The standard InChI is InChI=1S/C10H12N2O/c1-12-9-4-2-3-8(11)7(9)5-6-10(12)13/h2-6,10,13H,11H2,1H3. The second kappa shape index (κ2) is 2.78. The minimum Gasteiger partial charge on any atom is -0.398 e. The van der Waals surface area contributed by atoms with Crippen LogP contribution in [0.1, 0.15) is 5.56 Å². The predicted octanol–water partition coefficient (Wildman–Crippen LogP) is 1.05. The fourth-order valence-electron chi connectivity index (χ4n) is 1.51. The molecule has 0 bridgehead atoms. The first-order valence-corrected chi connectivity index (χ1v) is 4.18. The maximum atomic E-state index is 9.51. The minimum absolute atomic E-state index is 0.547. The normalized spacial score (nSPS) is 20.2. The molecule has 1 aliphatic rings. The van der Waals surface area contributed by atoms with Gasteiger partial charge in [0, 0.05) is 24.0 Å². The first-order valence-electron chi connectivity index (χ1n) is 4.18. The van der Waals surface area contributed by atoms with E-state index in [4.69, 9.17) is 5.73 Å². The van der Waals surface area contributed by atoms with E-state index in [0.29, 0.717) is 0 Å². The van der Waals surface area contributed by atoms with Crippen molar-refractivity contribution in [3.63, 3.8) is 0 Å². The highest BCUT2D eigenvalue weighted by atomic mass is 16.3. The summed E-state index contributed by atoms with van der Waals surface area (Å²) in [6.07, 6.45) is 3.03. The van der Waals surface area contributed by atoms with Gasteiger partial charge in [-0.25, -0.2) is 0 Å². The van der Waals surface area contributed by atoms with Crippen molar-refractivity contribution in [3.8, 4) is 0 Å². The van der Waals surface area contributed by atoms with Crippen LogP contribution in [0.2, 0.25) is 0 Å². The number of aliphatic hydroxyl groups excluding tert-OH is 1.